The molecule has 0 saturated heterocycles. The van der Waals surface area contributed by atoms with E-state index in [-0.39, 0.29) is 18.5 Å². The third-order valence-corrected chi connectivity index (χ3v) is 12.8. The van der Waals surface area contributed by atoms with Gasteiger partial charge < -0.3 is 20.3 Å². The molecule has 0 aromatic rings. The molecule has 2 atom stereocenters. The predicted octanol–water partition coefficient (Wildman–Crippen LogP) is 16.5. The largest absolute Gasteiger partial charge is 0.466 e. The van der Waals surface area contributed by atoms with Crippen LogP contribution in [0.3, 0.4) is 0 Å². The molecule has 0 aromatic heterocycles. The number of nitrogens with one attached hydrogen (secondary N) is 1. The Morgan fingerprint density at radius 3 is 1.18 bits per heavy atom. The Bertz CT molecular complexity index is 909. The Morgan fingerprint density at radius 1 is 0.443 bits per heavy atom. The van der Waals surface area contributed by atoms with E-state index in [0.717, 1.165) is 57.8 Å². The third kappa shape index (κ3) is 47.9. The number of hydrogen-bond acceptors (Lipinski definition) is 5. The van der Waals surface area contributed by atoms with E-state index in [1.165, 1.54) is 212 Å². The van der Waals surface area contributed by atoms with Gasteiger partial charge in [-0.2, -0.15) is 0 Å². The summed E-state index contributed by atoms with van der Waals surface area (Å²) in [5.74, 6) is -0.0933. The zero-order valence-corrected chi connectivity index (χ0v) is 41.2. The molecule has 61 heavy (non-hydrogen) atoms. The van der Waals surface area contributed by atoms with Gasteiger partial charge in [-0.15, -0.1) is 0 Å². The molecule has 0 radical (unpaired) electrons. The van der Waals surface area contributed by atoms with Gasteiger partial charge in [-0.05, 0) is 51.4 Å². The Balaban J connectivity index is 3.48. The van der Waals surface area contributed by atoms with Gasteiger partial charge in [-0.1, -0.05) is 251 Å². The Labute approximate surface area is 380 Å². The van der Waals surface area contributed by atoms with E-state index >= 15 is 0 Å². The second-order valence-electron chi connectivity index (χ2n) is 18.9. The van der Waals surface area contributed by atoms with Gasteiger partial charge in [0, 0.05) is 12.8 Å². The van der Waals surface area contributed by atoms with Gasteiger partial charge in [0.25, 0.3) is 0 Å². The van der Waals surface area contributed by atoms with E-state index in [2.05, 4.69) is 31.3 Å². The van der Waals surface area contributed by atoms with Crippen molar-refractivity contribution in [1.29, 1.82) is 0 Å². The number of esters is 1. The van der Waals surface area contributed by atoms with Gasteiger partial charge in [0.15, 0.2) is 0 Å². The van der Waals surface area contributed by atoms with Gasteiger partial charge in [0.2, 0.25) is 5.91 Å². The number of carbonyl (C=O) groups is 2. The predicted molar refractivity (Wildman–Crippen MR) is 264 cm³/mol. The first-order chi connectivity index (χ1) is 30.0. The maximum atomic E-state index is 12.5. The molecule has 6 nitrogen and oxygen atoms in total. The quantitative estimate of drug-likeness (QED) is 0.0322. The van der Waals surface area contributed by atoms with Crippen molar-refractivity contribution >= 4 is 11.9 Å². The molecule has 362 valence electrons. The number of ether oxygens (including phenoxy) is 1. The van der Waals surface area contributed by atoms with Crippen LogP contribution in [0.1, 0.15) is 303 Å². The highest BCUT2D eigenvalue weighted by molar-refractivity contribution is 5.76. The highest BCUT2D eigenvalue weighted by Gasteiger charge is 2.20. The summed E-state index contributed by atoms with van der Waals surface area (Å²) in [6, 6.07) is -0.562. The minimum Gasteiger partial charge on any atom is -0.466 e. The van der Waals surface area contributed by atoms with Crippen LogP contribution in [0, 0.1) is 0 Å². The summed E-state index contributed by atoms with van der Waals surface area (Å²) >= 11 is 0. The molecule has 3 N–H and O–H groups in total. The topological polar surface area (TPSA) is 95.9 Å². The van der Waals surface area contributed by atoms with Crippen molar-refractivity contribution in [2.24, 2.45) is 0 Å². The summed E-state index contributed by atoms with van der Waals surface area (Å²) in [7, 11) is 0. The first-order valence-electron chi connectivity index (χ1n) is 27.4. The average Bonchev–Trinajstić information content (AvgIpc) is 3.26. The minimum atomic E-state index is -0.682. The zero-order chi connectivity index (χ0) is 44.4. The Kier molecular flexibility index (Phi) is 50.1. The fourth-order valence-electron chi connectivity index (χ4n) is 8.58. The lowest BCUT2D eigenvalue weighted by Gasteiger charge is -2.22. The smallest absolute Gasteiger partial charge is 0.305 e. The summed E-state index contributed by atoms with van der Waals surface area (Å²) in [5, 5.41) is 23.3. The molecule has 0 spiro atoms. The summed E-state index contributed by atoms with van der Waals surface area (Å²) in [6.07, 6.45) is 59.0. The maximum Gasteiger partial charge on any atom is 0.305 e. The summed E-state index contributed by atoms with van der Waals surface area (Å²) < 4.78 is 5.44. The Morgan fingerprint density at radius 2 is 0.770 bits per heavy atom. The molecule has 0 bridgehead atoms. The van der Waals surface area contributed by atoms with Gasteiger partial charge in [-0.25, -0.2) is 0 Å². The molecule has 0 aliphatic carbocycles. The summed E-state index contributed by atoms with van der Waals surface area (Å²) in [5.41, 5.74) is 0. The van der Waals surface area contributed by atoms with Crippen LogP contribution in [-0.2, 0) is 14.3 Å². The fraction of sp³-hybridized carbons (Fsp3) is 0.927. The van der Waals surface area contributed by atoms with Crippen molar-refractivity contribution in [3.63, 3.8) is 0 Å². The van der Waals surface area contributed by atoms with Crippen LogP contribution < -0.4 is 5.32 Å². The van der Waals surface area contributed by atoms with E-state index in [9.17, 15) is 19.8 Å². The van der Waals surface area contributed by atoms with Crippen LogP contribution in [0.4, 0.5) is 0 Å². The second kappa shape index (κ2) is 51.2. The molecule has 1 amide bonds. The zero-order valence-electron chi connectivity index (χ0n) is 41.2. The van der Waals surface area contributed by atoms with Crippen LogP contribution in [0.2, 0.25) is 0 Å². The summed E-state index contributed by atoms with van der Waals surface area (Å²) in [4.78, 5) is 24.5. The van der Waals surface area contributed by atoms with Crippen molar-refractivity contribution in [3.05, 3.63) is 12.2 Å². The van der Waals surface area contributed by atoms with Crippen molar-refractivity contribution in [2.45, 2.75) is 315 Å². The lowest BCUT2D eigenvalue weighted by molar-refractivity contribution is -0.143. The van der Waals surface area contributed by atoms with E-state index in [4.69, 9.17) is 4.74 Å². The molecule has 0 heterocycles. The standard InChI is InChI=1S/C55H107NO5/c1-3-5-7-9-11-13-15-17-18-19-20-21-22-23-24-25-27-28-31-35-39-43-47-53(58)52(51-57)56-54(59)48-44-40-36-32-30-34-38-42-46-50-61-55(60)49-45-41-37-33-29-26-16-14-12-10-8-6-4-2/h14,16,52-53,57-58H,3-13,15,17-51H2,1-2H3,(H,56,59)/b16-14-. The van der Waals surface area contributed by atoms with Crippen molar-refractivity contribution in [2.75, 3.05) is 13.2 Å². The normalized spacial score (nSPS) is 12.7. The fourth-order valence-corrected chi connectivity index (χ4v) is 8.58. The number of hydrogen-bond donors (Lipinski definition) is 3. The molecule has 2 unspecified atom stereocenters. The van der Waals surface area contributed by atoms with Crippen molar-refractivity contribution in [3.8, 4) is 0 Å². The number of unbranched alkanes of at least 4 members (excludes halogenated alkanes) is 38. The molecular formula is C55H107NO5. The Hall–Kier alpha value is -1.40. The highest BCUT2D eigenvalue weighted by atomic mass is 16.5. The summed E-state index contributed by atoms with van der Waals surface area (Å²) in [6.45, 7) is 4.89. The molecule has 0 aliphatic rings. The van der Waals surface area contributed by atoms with Crippen LogP contribution in [-0.4, -0.2) is 47.4 Å². The van der Waals surface area contributed by atoms with Crippen LogP contribution >= 0.6 is 0 Å². The maximum absolute atomic E-state index is 12.5. The van der Waals surface area contributed by atoms with Crippen LogP contribution in [0.15, 0.2) is 12.2 Å². The number of carbonyl (C=O) groups excluding carboxylic acids is 2. The van der Waals surface area contributed by atoms with Crippen LogP contribution in [0.5, 0.6) is 0 Å². The molecule has 0 saturated carbocycles. The average molecular weight is 862 g/mol. The van der Waals surface area contributed by atoms with E-state index < -0.39 is 12.1 Å². The number of aliphatic hydroxyl groups excluding tert-OH is 2. The monoisotopic (exact) mass is 862 g/mol. The van der Waals surface area contributed by atoms with Gasteiger partial charge >= 0.3 is 5.97 Å². The van der Waals surface area contributed by atoms with Gasteiger partial charge in [0.1, 0.15) is 0 Å². The minimum absolute atomic E-state index is 0.0332. The number of aliphatic hydroxyl groups is 2. The number of allylic oxidation sites excluding steroid dienone is 2. The second-order valence-corrected chi connectivity index (χ2v) is 18.9. The third-order valence-electron chi connectivity index (χ3n) is 12.8. The number of rotatable bonds is 51. The molecular weight excluding hydrogens is 755 g/mol. The van der Waals surface area contributed by atoms with E-state index in [0.29, 0.717) is 25.9 Å². The molecule has 0 rings (SSSR count). The molecule has 0 fully saturated rings. The first kappa shape index (κ1) is 59.6. The van der Waals surface area contributed by atoms with Crippen molar-refractivity contribution < 1.29 is 24.5 Å². The van der Waals surface area contributed by atoms with Gasteiger partial charge in [-0.3, -0.25) is 9.59 Å². The molecule has 0 aliphatic heterocycles. The number of amides is 1. The van der Waals surface area contributed by atoms with Gasteiger partial charge in [0.05, 0.1) is 25.4 Å². The highest BCUT2D eigenvalue weighted by Crippen LogP contribution is 2.17. The first-order valence-corrected chi connectivity index (χ1v) is 27.4. The van der Waals surface area contributed by atoms with Crippen LogP contribution in [0.25, 0.3) is 0 Å². The van der Waals surface area contributed by atoms with E-state index in [1.807, 2.05) is 0 Å². The SMILES string of the molecule is CCCCCC/C=C\CCCCCCCC(=O)OCCCCCCCCCCCC(=O)NC(CO)C(O)CCCCCCCCCCCCCCCCCCCCCCCC. The van der Waals surface area contributed by atoms with Crippen molar-refractivity contribution in [1.82, 2.24) is 5.32 Å². The lowest BCUT2D eigenvalue weighted by atomic mass is 10.0. The lowest BCUT2D eigenvalue weighted by Crippen LogP contribution is -2.45. The van der Waals surface area contributed by atoms with E-state index in [1.54, 1.807) is 0 Å². The molecule has 0 aromatic carbocycles. The molecule has 6 heteroatoms.